The molecule has 0 saturated carbocycles. The van der Waals surface area contributed by atoms with E-state index in [1.54, 1.807) is 12.1 Å². The van der Waals surface area contributed by atoms with Crippen LogP contribution in [-0.4, -0.2) is 20.7 Å². The van der Waals surface area contributed by atoms with Crippen molar-refractivity contribution < 1.29 is 4.79 Å². The highest BCUT2D eigenvalue weighted by molar-refractivity contribution is 7.20. The van der Waals surface area contributed by atoms with Crippen molar-refractivity contribution in [3.05, 3.63) is 63.2 Å². The van der Waals surface area contributed by atoms with Crippen LogP contribution in [0.5, 0.6) is 0 Å². The number of carbonyl (C=O) groups is 1. The molecule has 8 heteroatoms. The monoisotopic (exact) mass is 382 g/mol. The van der Waals surface area contributed by atoms with Gasteiger partial charge in [-0.05, 0) is 30.5 Å². The van der Waals surface area contributed by atoms with E-state index in [0.29, 0.717) is 16.9 Å². The lowest BCUT2D eigenvalue weighted by molar-refractivity contribution is -0.117. The average molecular weight is 382 g/mol. The van der Waals surface area contributed by atoms with E-state index in [0.717, 1.165) is 14.6 Å². The maximum atomic E-state index is 12.7. The molecule has 1 N–H and O–H groups in total. The van der Waals surface area contributed by atoms with E-state index in [-0.39, 0.29) is 18.0 Å². The summed E-state index contributed by atoms with van der Waals surface area (Å²) in [7, 11) is 0. The molecule has 130 valence electrons. The summed E-state index contributed by atoms with van der Waals surface area (Å²) >= 11 is 2.98. The number of rotatable bonds is 4. The number of thiazole rings is 1. The van der Waals surface area contributed by atoms with Gasteiger partial charge in [-0.25, -0.2) is 9.67 Å². The number of hydrogen-bond acceptors (Lipinski definition) is 6. The van der Waals surface area contributed by atoms with Crippen LogP contribution in [0.3, 0.4) is 0 Å². The van der Waals surface area contributed by atoms with Crippen molar-refractivity contribution in [3.63, 3.8) is 0 Å². The molecule has 0 fully saturated rings. The minimum absolute atomic E-state index is 0.168. The van der Waals surface area contributed by atoms with Crippen LogP contribution in [0.15, 0.2) is 52.6 Å². The summed E-state index contributed by atoms with van der Waals surface area (Å²) in [6.45, 7) is 1.69. The number of anilines is 1. The van der Waals surface area contributed by atoms with Gasteiger partial charge in [-0.3, -0.25) is 9.59 Å². The number of nitrogens with zero attached hydrogens (tertiary/aromatic N) is 3. The normalized spacial score (nSPS) is 11.0. The molecule has 3 heterocycles. The van der Waals surface area contributed by atoms with Crippen LogP contribution in [0, 0.1) is 6.92 Å². The molecule has 6 nitrogen and oxygen atoms in total. The summed E-state index contributed by atoms with van der Waals surface area (Å²) < 4.78 is 1.95. The minimum Gasteiger partial charge on any atom is -0.324 e. The van der Waals surface area contributed by atoms with Crippen LogP contribution < -0.4 is 10.9 Å². The Balaban J connectivity index is 1.74. The lowest BCUT2D eigenvalue weighted by Gasteiger charge is -2.08. The third-order valence-corrected chi connectivity index (χ3v) is 5.57. The maximum Gasteiger partial charge on any atom is 0.294 e. The number of fused-ring (bicyclic) bond motifs is 1. The van der Waals surface area contributed by atoms with E-state index in [1.807, 2.05) is 42.6 Å². The first kappa shape index (κ1) is 16.6. The van der Waals surface area contributed by atoms with Gasteiger partial charge in [0.25, 0.3) is 5.56 Å². The molecule has 4 aromatic rings. The average Bonchev–Trinajstić information content (AvgIpc) is 3.28. The fourth-order valence-corrected chi connectivity index (χ4v) is 4.30. The Labute approximate surface area is 156 Å². The fourth-order valence-electron chi connectivity index (χ4n) is 2.61. The highest BCUT2D eigenvalue weighted by Gasteiger charge is 2.18. The highest BCUT2D eigenvalue weighted by atomic mass is 32.1. The molecular formula is C18H14N4O2S2. The molecule has 0 spiro atoms. The second kappa shape index (κ2) is 6.81. The summed E-state index contributed by atoms with van der Waals surface area (Å²) in [5, 5.41) is 9.98. The third kappa shape index (κ3) is 3.16. The van der Waals surface area contributed by atoms with Gasteiger partial charge in [0.1, 0.15) is 12.2 Å². The first-order valence-electron chi connectivity index (χ1n) is 7.89. The second-order valence-electron chi connectivity index (χ2n) is 5.61. The molecular weight excluding hydrogens is 368 g/mol. The van der Waals surface area contributed by atoms with Gasteiger partial charge in [0.15, 0.2) is 5.52 Å². The van der Waals surface area contributed by atoms with Crippen LogP contribution in [0.25, 0.3) is 20.8 Å². The van der Waals surface area contributed by atoms with E-state index in [9.17, 15) is 9.59 Å². The van der Waals surface area contributed by atoms with Crippen LogP contribution in [-0.2, 0) is 11.3 Å². The number of para-hydroxylation sites is 1. The molecule has 1 amide bonds. The molecule has 0 aliphatic carbocycles. The summed E-state index contributed by atoms with van der Waals surface area (Å²) in [6, 6.07) is 13.0. The maximum absolute atomic E-state index is 12.7. The molecule has 0 unspecified atom stereocenters. The smallest absolute Gasteiger partial charge is 0.294 e. The lowest BCUT2D eigenvalue weighted by Crippen LogP contribution is -2.30. The Morgan fingerprint density at radius 2 is 2.00 bits per heavy atom. The Morgan fingerprint density at radius 1 is 1.19 bits per heavy atom. The van der Waals surface area contributed by atoms with Crippen LogP contribution in [0.1, 0.15) is 5.01 Å². The minimum atomic E-state index is -0.354. The standard InChI is InChI=1S/C18H14N4O2S2/c1-11-19-16-17(26-11)15(13-8-5-9-25-13)21-22(18(16)24)10-14(23)20-12-6-3-2-4-7-12/h2-9H,10H2,1H3,(H,20,23). The van der Waals surface area contributed by atoms with Crippen molar-refractivity contribution >= 4 is 44.5 Å². The van der Waals surface area contributed by atoms with Crippen molar-refractivity contribution in [2.45, 2.75) is 13.5 Å². The van der Waals surface area contributed by atoms with Gasteiger partial charge >= 0.3 is 0 Å². The summed E-state index contributed by atoms with van der Waals surface area (Å²) in [4.78, 5) is 30.4. The quantitative estimate of drug-likeness (QED) is 0.586. The van der Waals surface area contributed by atoms with Crippen molar-refractivity contribution in [3.8, 4) is 10.6 Å². The molecule has 0 saturated heterocycles. The number of aromatic nitrogens is 3. The summed E-state index contributed by atoms with van der Waals surface area (Å²) in [6.07, 6.45) is 0. The zero-order valence-corrected chi connectivity index (χ0v) is 15.4. The number of benzene rings is 1. The Morgan fingerprint density at radius 3 is 2.73 bits per heavy atom. The van der Waals surface area contributed by atoms with Crippen LogP contribution in [0.4, 0.5) is 5.69 Å². The van der Waals surface area contributed by atoms with E-state index in [2.05, 4.69) is 15.4 Å². The molecule has 0 bridgehead atoms. The van der Waals surface area contributed by atoms with Gasteiger partial charge in [0.05, 0.1) is 14.6 Å². The molecule has 0 aliphatic rings. The fraction of sp³-hybridized carbons (Fsp3) is 0.111. The Hall–Kier alpha value is -2.84. The first-order chi connectivity index (χ1) is 12.6. The van der Waals surface area contributed by atoms with Crippen LogP contribution >= 0.6 is 22.7 Å². The van der Waals surface area contributed by atoms with E-state index in [1.165, 1.54) is 27.4 Å². The van der Waals surface area contributed by atoms with Gasteiger partial charge in [0.2, 0.25) is 5.91 Å². The zero-order valence-electron chi connectivity index (χ0n) is 13.8. The number of amides is 1. The predicted octanol–water partition coefficient (Wildman–Crippen LogP) is 3.53. The topological polar surface area (TPSA) is 76.9 Å². The number of aryl methyl sites for hydroxylation is 1. The van der Waals surface area contributed by atoms with E-state index >= 15 is 0 Å². The van der Waals surface area contributed by atoms with Crippen molar-refractivity contribution in [2.24, 2.45) is 0 Å². The molecule has 3 aromatic heterocycles. The number of thiophene rings is 1. The van der Waals surface area contributed by atoms with Crippen LogP contribution in [0.2, 0.25) is 0 Å². The summed E-state index contributed by atoms with van der Waals surface area (Å²) in [5.74, 6) is -0.311. The van der Waals surface area contributed by atoms with Crippen molar-refractivity contribution in [1.29, 1.82) is 0 Å². The van der Waals surface area contributed by atoms with Gasteiger partial charge in [-0.15, -0.1) is 22.7 Å². The molecule has 4 rings (SSSR count). The SMILES string of the molecule is Cc1nc2c(=O)n(CC(=O)Nc3ccccc3)nc(-c3cccs3)c2s1. The highest BCUT2D eigenvalue weighted by Crippen LogP contribution is 2.31. The van der Waals surface area contributed by atoms with E-state index < -0.39 is 0 Å². The molecule has 26 heavy (non-hydrogen) atoms. The van der Waals surface area contributed by atoms with Gasteiger partial charge in [-0.2, -0.15) is 5.10 Å². The summed E-state index contributed by atoms with van der Waals surface area (Å²) in [5.41, 5.74) is 1.37. The largest absolute Gasteiger partial charge is 0.324 e. The second-order valence-corrected chi connectivity index (χ2v) is 7.76. The third-order valence-electron chi connectivity index (χ3n) is 3.71. The van der Waals surface area contributed by atoms with Gasteiger partial charge in [-0.1, -0.05) is 24.3 Å². The molecule has 0 atom stereocenters. The van der Waals surface area contributed by atoms with Crippen molar-refractivity contribution in [1.82, 2.24) is 14.8 Å². The molecule has 0 radical (unpaired) electrons. The predicted molar refractivity (Wildman–Crippen MR) is 105 cm³/mol. The molecule has 0 aliphatic heterocycles. The van der Waals surface area contributed by atoms with Gasteiger partial charge in [0, 0.05) is 5.69 Å². The van der Waals surface area contributed by atoms with Gasteiger partial charge < -0.3 is 5.32 Å². The Bertz CT molecular complexity index is 1130. The zero-order chi connectivity index (χ0) is 18.1. The Kier molecular flexibility index (Phi) is 4.36. The lowest BCUT2D eigenvalue weighted by atomic mass is 10.3. The van der Waals surface area contributed by atoms with Crippen molar-refractivity contribution in [2.75, 3.05) is 5.32 Å². The first-order valence-corrected chi connectivity index (χ1v) is 9.58. The van der Waals surface area contributed by atoms with E-state index in [4.69, 9.17) is 0 Å². The number of carbonyl (C=O) groups excluding carboxylic acids is 1. The molecule has 1 aromatic carbocycles. The number of hydrogen-bond donors (Lipinski definition) is 1. The number of nitrogens with one attached hydrogen (secondary N) is 1.